The van der Waals surface area contributed by atoms with Crippen LogP contribution in [0.4, 0.5) is 5.69 Å². The van der Waals surface area contributed by atoms with E-state index < -0.39 is 0 Å². The zero-order valence-corrected chi connectivity index (χ0v) is 38.5. The molecule has 2 N–H and O–H groups in total. The summed E-state index contributed by atoms with van der Waals surface area (Å²) in [6.07, 6.45) is 0. The van der Waals surface area contributed by atoms with E-state index in [2.05, 4.69) is 215 Å². The third-order valence-electron chi connectivity index (χ3n) is 13.8. The van der Waals surface area contributed by atoms with E-state index in [1.54, 1.807) is 11.3 Å². The number of fused-ring (bicyclic) bond motifs is 9. The summed E-state index contributed by atoms with van der Waals surface area (Å²) < 4.78 is 5.53. The number of anilines is 1. The summed E-state index contributed by atoms with van der Waals surface area (Å²) in [4.78, 5) is 12.1. The van der Waals surface area contributed by atoms with Crippen molar-refractivity contribution in [3.8, 4) is 38.8 Å². The van der Waals surface area contributed by atoms with Crippen molar-refractivity contribution in [2.24, 2.45) is 0 Å². The third-order valence-corrected chi connectivity index (χ3v) is 15.0. The maximum atomic E-state index is 9.47. The van der Waals surface area contributed by atoms with E-state index >= 15 is 0 Å². The minimum Gasteiger partial charge on any atom is -0.300 e. The first-order valence-electron chi connectivity index (χ1n) is 23.5. The summed E-state index contributed by atoms with van der Waals surface area (Å²) in [7, 11) is 0. The van der Waals surface area contributed by atoms with Gasteiger partial charge in [0.1, 0.15) is 0 Å². The Morgan fingerprint density at radius 3 is 1.91 bits per heavy atom. The quantitative estimate of drug-likeness (QED) is 0.149. The summed E-state index contributed by atoms with van der Waals surface area (Å²) in [6.45, 7) is 0. The molecule has 0 saturated heterocycles. The fourth-order valence-corrected chi connectivity index (χ4v) is 11.6. The molecular weight excluding hydrogens is 873 g/mol. The maximum absolute atomic E-state index is 9.47. The molecule has 7 heteroatoms. The van der Waals surface area contributed by atoms with Crippen molar-refractivity contribution in [1.82, 2.24) is 19.2 Å². The van der Waals surface area contributed by atoms with Crippen LogP contribution in [-0.4, -0.2) is 24.9 Å². The Morgan fingerprint density at radius 1 is 0.457 bits per heavy atom. The molecule has 14 rings (SSSR count). The van der Waals surface area contributed by atoms with Gasteiger partial charge in [0.2, 0.25) is 5.95 Å². The monoisotopic (exact) mass is 912 g/mol. The van der Waals surface area contributed by atoms with Crippen LogP contribution < -0.4 is 5.43 Å². The van der Waals surface area contributed by atoms with E-state index in [4.69, 9.17) is 9.97 Å². The number of aromatic nitrogens is 4. The SMILES string of the molecule is N=C(c1ccccc1)c1ccc2ccccc2c1Nn1c2ccccc2c2c(-c3ccc4c(c3)c3cc5ccccc5cc3n4-c3nc(-c4ccccc4)c4sc(-c5ccccc5)cc4n3)cccc21. The molecule has 0 atom stereocenters. The van der Waals surface area contributed by atoms with Crippen LogP contribution in [0.15, 0.2) is 231 Å². The van der Waals surface area contributed by atoms with E-state index in [0.717, 1.165) is 120 Å². The van der Waals surface area contributed by atoms with Crippen LogP contribution in [0.1, 0.15) is 11.1 Å². The second kappa shape index (κ2) is 16.0. The molecule has 6 nitrogen and oxygen atoms in total. The molecule has 70 heavy (non-hydrogen) atoms. The smallest absolute Gasteiger partial charge is 0.235 e. The summed E-state index contributed by atoms with van der Waals surface area (Å²) in [6, 6.07) is 81.1. The van der Waals surface area contributed by atoms with Gasteiger partial charge in [-0.1, -0.05) is 188 Å². The molecule has 0 radical (unpaired) electrons. The predicted octanol–water partition coefficient (Wildman–Crippen LogP) is 16.5. The summed E-state index contributed by atoms with van der Waals surface area (Å²) in [5.74, 6) is 0.635. The molecule has 10 aromatic carbocycles. The van der Waals surface area contributed by atoms with E-state index in [0.29, 0.717) is 11.7 Å². The van der Waals surface area contributed by atoms with Crippen LogP contribution in [0.5, 0.6) is 0 Å². The fraction of sp³-hybridized carbons (Fsp3) is 0. The molecule has 0 spiro atoms. The highest BCUT2D eigenvalue weighted by molar-refractivity contribution is 7.22. The Kier molecular flexibility index (Phi) is 9.12. The predicted molar refractivity (Wildman–Crippen MR) is 294 cm³/mol. The van der Waals surface area contributed by atoms with Gasteiger partial charge in [-0.15, -0.1) is 11.3 Å². The molecule has 328 valence electrons. The Bertz CT molecular complexity index is 4400. The van der Waals surface area contributed by atoms with Crippen molar-refractivity contribution < 1.29 is 0 Å². The van der Waals surface area contributed by atoms with Crippen molar-refractivity contribution in [3.05, 3.63) is 242 Å². The van der Waals surface area contributed by atoms with Gasteiger partial charge in [-0.3, -0.25) is 20.1 Å². The number of rotatable bonds is 8. The first kappa shape index (κ1) is 39.9. The van der Waals surface area contributed by atoms with E-state index in [1.807, 2.05) is 30.3 Å². The fourth-order valence-electron chi connectivity index (χ4n) is 10.5. The molecule has 0 aliphatic rings. The largest absolute Gasteiger partial charge is 0.300 e. The molecule has 0 fully saturated rings. The second-order valence-electron chi connectivity index (χ2n) is 17.8. The lowest BCUT2D eigenvalue weighted by atomic mass is 9.97. The van der Waals surface area contributed by atoms with Crippen molar-refractivity contribution in [1.29, 1.82) is 5.41 Å². The molecule has 4 heterocycles. The zero-order chi connectivity index (χ0) is 46.3. The topological polar surface area (TPSA) is 71.5 Å². The van der Waals surface area contributed by atoms with Gasteiger partial charge in [-0.05, 0) is 75.3 Å². The zero-order valence-electron chi connectivity index (χ0n) is 37.6. The first-order valence-corrected chi connectivity index (χ1v) is 24.3. The molecule has 0 aliphatic heterocycles. The molecular formula is C63H40N6S. The number of nitrogens with one attached hydrogen (secondary N) is 2. The number of hydrogen-bond acceptors (Lipinski definition) is 5. The number of nitrogens with zero attached hydrogens (tertiary/aromatic N) is 4. The van der Waals surface area contributed by atoms with Gasteiger partial charge in [-0.25, -0.2) is 9.97 Å². The van der Waals surface area contributed by atoms with E-state index in [-0.39, 0.29) is 0 Å². The lowest BCUT2D eigenvalue weighted by Crippen LogP contribution is -2.13. The number of para-hydroxylation sites is 1. The number of thiophene rings is 1. The average Bonchev–Trinajstić information content (AvgIpc) is 4.10. The second-order valence-corrected chi connectivity index (χ2v) is 18.9. The number of hydrogen-bond donors (Lipinski definition) is 2. The Morgan fingerprint density at radius 2 is 1.11 bits per heavy atom. The molecule has 14 aromatic rings. The highest BCUT2D eigenvalue weighted by Crippen LogP contribution is 2.43. The Balaban J connectivity index is 0.980. The van der Waals surface area contributed by atoms with Crippen LogP contribution >= 0.6 is 11.3 Å². The minimum atomic E-state index is 0.462. The number of benzene rings is 10. The summed E-state index contributed by atoms with van der Waals surface area (Å²) >= 11 is 1.74. The maximum Gasteiger partial charge on any atom is 0.235 e. The molecule has 0 amide bonds. The van der Waals surface area contributed by atoms with Crippen molar-refractivity contribution in [2.45, 2.75) is 0 Å². The van der Waals surface area contributed by atoms with Gasteiger partial charge in [0.15, 0.2) is 0 Å². The van der Waals surface area contributed by atoms with Crippen LogP contribution in [0.2, 0.25) is 0 Å². The molecule has 4 aromatic heterocycles. The van der Waals surface area contributed by atoms with E-state index in [1.165, 1.54) is 5.39 Å². The van der Waals surface area contributed by atoms with Crippen molar-refractivity contribution >= 4 is 98.1 Å². The van der Waals surface area contributed by atoms with Crippen LogP contribution in [0.25, 0.3) is 114 Å². The average molecular weight is 913 g/mol. The Hall–Kier alpha value is -9.17. The summed E-state index contributed by atoms with van der Waals surface area (Å²) in [5.41, 5.74) is 17.4. The highest BCUT2D eigenvalue weighted by Gasteiger charge is 2.23. The van der Waals surface area contributed by atoms with Crippen LogP contribution in [0, 0.1) is 5.41 Å². The first-order chi connectivity index (χ1) is 34.6. The van der Waals surface area contributed by atoms with Crippen molar-refractivity contribution in [2.75, 3.05) is 5.43 Å². The van der Waals surface area contributed by atoms with Crippen LogP contribution in [-0.2, 0) is 0 Å². The van der Waals surface area contributed by atoms with Gasteiger partial charge < -0.3 is 0 Å². The molecule has 0 unspecified atom stereocenters. The minimum absolute atomic E-state index is 0.462. The molecule has 0 saturated carbocycles. The van der Waals surface area contributed by atoms with Crippen molar-refractivity contribution in [3.63, 3.8) is 0 Å². The van der Waals surface area contributed by atoms with Gasteiger partial charge >= 0.3 is 0 Å². The van der Waals surface area contributed by atoms with E-state index in [9.17, 15) is 5.41 Å². The van der Waals surface area contributed by atoms with Gasteiger partial charge in [0.05, 0.1) is 49.4 Å². The standard InChI is InChI=1S/C63H40N6S/c64-59(41-20-6-2-7-21-41)49-33-31-39-17-12-13-26-47(39)61(49)67-69-54-29-15-14-27-48(54)58-46(28-16-30-55(58)69)45-32-34-53-50(36-45)51-35-43-24-10-11-25-44(43)37-56(51)68(53)63-65-52-38-57(40-18-4-1-5-19-40)70-62(52)60(66-63)42-22-8-3-9-23-42/h1-38,64,67H. The normalized spacial score (nSPS) is 11.8. The third kappa shape index (κ3) is 6.36. The van der Waals surface area contributed by atoms with Gasteiger partial charge in [0.25, 0.3) is 0 Å². The molecule has 0 bridgehead atoms. The highest BCUT2D eigenvalue weighted by atomic mass is 32.1. The Labute approximate surface area is 406 Å². The van der Waals surface area contributed by atoms with Gasteiger partial charge in [-0.2, -0.15) is 0 Å². The van der Waals surface area contributed by atoms with Crippen LogP contribution in [0.3, 0.4) is 0 Å². The summed E-state index contributed by atoms with van der Waals surface area (Å²) in [5, 5.41) is 18.5. The van der Waals surface area contributed by atoms with Gasteiger partial charge in [0, 0.05) is 48.5 Å². The molecule has 0 aliphatic carbocycles. The lowest BCUT2D eigenvalue weighted by molar-refractivity contribution is 1.02. The lowest BCUT2D eigenvalue weighted by Gasteiger charge is -2.18.